The van der Waals surface area contributed by atoms with Gasteiger partial charge in [-0.1, -0.05) is 6.92 Å². The Kier molecular flexibility index (Phi) is 4.52. The molecule has 100 valence electrons. The van der Waals surface area contributed by atoms with E-state index in [1.54, 1.807) is 17.8 Å². The molecule has 0 saturated heterocycles. The molecule has 0 unspecified atom stereocenters. The van der Waals surface area contributed by atoms with E-state index in [2.05, 4.69) is 12.2 Å². The number of nitrogen functional groups attached to an aromatic ring is 1. The number of carbonyl (C=O) groups excluding carboxylic acids is 1. The molecule has 2 rings (SSSR count). The maximum absolute atomic E-state index is 11.9. The van der Waals surface area contributed by atoms with Gasteiger partial charge >= 0.3 is 0 Å². The van der Waals surface area contributed by atoms with Crippen LogP contribution in [0.5, 0.6) is 0 Å². The number of furan rings is 1. The van der Waals surface area contributed by atoms with E-state index in [9.17, 15) is 4.79 Å². The highest BCUT2D eigenvalue weighted by Crippen LogP contribution is 2.27. The van der Waals surface area contributed by atoms with Gasteiger partial charge in [0.05, 0.1) is 23.2 Å². The van der Waals surface area contributed by atoms with Crippen molar-refractivity contribution in [1.82, 2.24) is 0 Å². The minimum Gasteiger partial charge on any atom is -0.472 e. The lowest BCUT2D eigenvalue weighted by Gasteiger charge is -2.09. The molecule has 1 aromatic heterocycles. The van der Waals surface area contributed by atoms with Gasteiger partial charge in [0.15, 0.2) is 0 Å². The summed E-state index contributed by atoms with van der Waals surface area (Å²) in [5, 5.41) is 2.79. The van der Waals surface area contributed by atoms with Crippen LogP contribution in [0.25, 0.3) is 0 Å². The summed E-state index contributed by atoms with van der Waals surface area (Å²) in [6.45, 7) is 2.13. The molecule has 19 heavy (non-hydrogen) atoms. The molecule has 4 nitrogen and oxygen atoms in total. The van der Waals surface area contributed by atoms with E-state index in [4.69, 9.17) is 10.2 Å². The fourth-order valence-corrected chi connectivity index (χ4v) is 2.35. The molecule has 1 heterocycles. The van der Waals surface area contributed by atoms with E-state index in [1.165, 1.54) is 12.5 Å². The second-order valence-electron chi connectivity index (χ2n) is 4.06. The molecule has 1 aromatic carbocycles. The Morgan fingerprint density at radius 3 is 2.95 bits per heavy atom. The number of amides is 1. The van der Waals surface area contributed by atoms with Crippen molar-refractivity contribution in [2.75, 3.05) is 16.8 Å². The zero-order valence-electron chi connectivity index (χ0n) is 10.7. The molecule has 0 radical (unpaired) electrons. The van der Waals surface area contributed by atoms with Gasteiger partial charge in [0.2, 0.25) is 0 Å². The van der Waals surface area contributed by atoms with Crippen molar-refractivity contribution in [3.63, 3.8) is 0 Å². The van der Waals surface area contributed by atoms with Gasteiger partial charge in [0, 0.05) is 4.90 Å². The Bertz CT molecular complexity index is 553. The zero-order chi connectivity index (χ0) is 13.7. The van der Waals surface area contributed by atoms with Crippen molar-refractivity contribution >= 4 is 29.0 Å². The van der Waals surface area contributed by atoms with Crippen molar-refractivity contribution < 1.29 is 9.21 Å². The van der Waals surface area contributed by atoms with Crippen LogP contribution in [0, 0.1) is 0 Å². The largest absolute Gasteiger partial charge is 0.472 e. The SMILES string of the molecule is CCCSc1ccc(N)c(NC(=O)c2ccoc2)c1. The Balaban J connectivity index is 2.12. The summed E-state index contributed by atoms with van der Waals surface area (Å²) >= 11 is 1.74. The molecule has 0 atom stereocenters. The zero-order valence-corrected chi connectivity index (χ0v) is 11.5. The van der Waals surface area contributed by atoms with Crippen LogP contribution in [-0.2, 0) is 0 Å². The van der Waals surface area contributed by atoms with Gasteiger partial charge in [-0.25, -0.2) is 0 Å². The number of anilines is 2. The van der Waals surface area contributed by atoms with E-state index < -0.39 is 0 Å². The topological polar surface area (TPSA) is 68.3 Å². The summed E-state index contributed by atoms with van der Waals surface area (Å²) < 4.78 is 4.88. The number of rotatable bonds is 5. The predicted octanol–water partition coefficient (Wildman–Crippen LogP) is 3.62. The fourth-order valence-electron chi connectivity index (χ4n) is 1.54. The third-order valence-electron chi connectivity index (χ3n) is 2.53. The van der Waals surface area contributed by atoms with E-state index in [-0.39, 0.29) is 5.91 Å². The van der Waals surface area contributed by atoms with Crippen LogP contribution in [0.15, 0.2) is 46.1 Å². The molecule has 0 fully saturated rings. The predicted molar refractivity (Wildman–Crippen MR) is 78.5 cm³/mol. The summed E-state index contributed by atoms with van der Waals surface area (Å²) in [7, 11) is 0. The lowest BCUT2D eigenvalue weighted by atomic mass is 10.2. The van der Waals surface area contributed by atoms with Crippen LogP contribution in [0.4, 0.5) is 11.4 Å². The number of nitrogens with one attached hydrogen (secondary N) is 1. The minimum absolute atomic E-state index is 0.224. The molecule has 0 aliphatic carbocycles. The summed E-state index contributed by atoms with van der Waals surface area (Å²) in [4.78, 5) is 13.0. The average Bonchev–Trinajstić information content (AvgIpc) is 2.93. The third-order valence-corrected chi connectivity index (χ3v) is 3.73. The van der Waals surface area contributed by atoms with Crippen LogP contribution in [0.1, 0.15) is 23.7 Å². The first-order valence-electron chi connectivity index (χ1n) is 6.06. The molecule has 2 aromatic rings. The van der Waals surface area contributed by atoms with E-state index in [0.717, 1.165) is 17.1 Å². The Hall–Kier alpha value is -1.88. The summed E-state index contributed by atoms with van der Waals surface area (Å²) in [5.41, 5.74) is 7.54. The highest BCUT2D eigenvalue weighted by Gasteiger charge is 2.09. The summed E-state index contributed by atoms with van der Waals surface area (Å²) in [5.74, 6) is 0.817. The number of benzene rings is 1. The second-order valence-corrected chi connectivity index (χ2v) is 5.23. The van der Waals surface area contributed by atoms with Crippen LogP contribution in [-0.4, -0.2) is 11.7 Å². The molecule has 0 aliphatic rings. The second kappa shape index (κ2) is 6.33. The normalized spacial score (nSPS) is 10.4. The van der Waals surface area contributed by atoms with E-state index in [1.807, 2.05) is 18.2 Å². The molecule has 0 bridgehead atoms. The van der Waals surface area contributed by atoms with Crippen molar-refractivity contribution in [3.8, 4) is 0 Å². The molecular weight excluding hydrogens is 260 g/mol. The molecule has 0 saturated carbocycles. The number of nitrogens with two attached hydrogens (primary N) is 1. The first-order valence-corrected chi connectivity index (χ1v) is 7.05. The Morgan fingerprint density at radius 2 is 2.26 bits per heavy atom. The number of thioether (sulfide) groups is 1. The van der Waals surface area contributed by atoms with Crippen LogP contribution in [0.2, 0.25) is 0 Å². The van der Waals surface area contributed by atoms with Crippen LogP contribution in [0.3, 0.4) is 0 Å². The molecular formula is C14H16N2O2S. The van der Waals surface area contributed by atoms with E-state index in [0.29, 0.717) is 16.9 Å². The highest BCUT2D eigenvalue weighted by atomic mass is 32.2. The lowest BCUT2D eigenvalue weighted by Crippen LogP contribution is -2.12. The van der Waals surface area contributed by atoms with Gasteiger partial charge in [0.1, 0.15) is 6.26 Å². The van der Waals surface area contributed by atoms with Gasteiger partial charge in [0.25, 0.3) is 5.91 Å². The Labute approximate surface area is 116 Å². The number of hydrogen-bond donors (Lipinski definition) is 2. The van der Waals surface area contributed by atoms with Gasteiger partial charge in [-0.05, 0) is 36.4 Å². The Morgan fingerprint density at radius 1 is 1.42 bits per heavy atom. The molecule has 5 heteroatoms. The number of hydrogen-bond acceptors (Lipinski definition) is 4. The summed E-state index contributed by atoms with van der Waals surface area (Å²) in [6, 6.07) is 7.28. The van der Waals surface area contributed by atoms with Crippen molar-refractivity contribution in [2.45, 2.75) is 18.2 Å². The van der Waals surface area contributed by atoms with Crippen molar-refractivity contribution in [3.05, 3.63) is 42.4 Å². The monoisotopic (exact) mass is 276 g/mol. The smallest absolute Gasteiger partial charge is 0.258 e. The highest BCUT2D eigenvalue weighted by molar-refractivity contribution is 7.99. The average molecular weight is 276 g/mol. The van der Waals surface area contributed by atoms with Crippen LogP contribution < -0.4 is 11.1 Å². The molecule has 0 spiro atoms. The fraction of sp³-hybridized carbons (Fsp3) is 0.214. The first-order chi connectivity index (χ1) is 9.20. The first kappa shape index (κ1) is 13.5. The van der Waals surface area contributed by atoms with Crippen LogP contribution >= 0.6 is 11.8 Å². The maximum atomic E-state index is 11.9. The molecule has 1 amide bonds. The third kappa shape index (κ3) is 3.54. The van der Waals surface area contributed by atoms with Gasteiger partial charge < -0.3 is 15.5 Å². The van der Waals surface area contributed by atoms with Gasteiger partial charge in [-0.2, -0.15) is 0 Å². The van der Waals surface area contributed by atoms with Gasteiger partial charge in [-0.3, -0.25) is 4.79 Å². The van der Waals surface area contributed by atoms with E-state index >= 15 is 0 Å². The molecule has 0 aliphatic heterocycles. The van der Waals surface area contributed by atoms with Gasteiger partial charge in [-0.15, -0.1) is 11.8 Å². The summed E-state index contributed by atoms with van der Waals surface area (Å²) in [6.07, 6.45) is 3.97. The standard InChI is InChI=1S/C14H16N2O2S/c1-2-7-19-11-3-4-12(15)13(8-11)16-14(17)10-5-6-18-9-10/h3-6,8-9H,2,7,15H2,1H3,(H,16,17). The van der Waals surface area contributed by atoms with Crippen molar-refractivity contribution in [1.29, 1.82) is 0 Å². The number of carbonyl (C=O) groups is 1. The lowest BCUT2D eigenvalue weighted by molar-refractivity contribution is 0.102. The quantitative estimate of drug-likeness (QED) is 0.646. The van der Waals surface area contributed by atoms with Crippen molar-refractivity contribution in [2.24, 2.45) is 0 Å². The minimum atomic E-state index is -0.224. The maximum Gasteiger partial charge on any atom is 0.258 e. The molecule has 3 N–H and O–H groups in total.